The molecule has 2 heterocycles. The summed E-state index contributed by atoms with van der Waals surface area (Å²) in [5.41, 5.74) is 10.5. The second-order valence-corrected chi connectivity index (χ2v) is 9.02. The number of nitrogens with zero attached hydrogens (tertiary/aromatic N) is 4. The molecule has 3 rings (SSSR count). The maximum Gasteiger partial charge on any atom is 0.0725 e. The number of benzene rings is 1. The summed E-state index contributed by atoms with van der Waals surface area (Å²) in [7, 11) is 0. The molecule has 1 aliphatic heterocycles. The van der Waals surface area contributed by atoms with Crippen molar-refractivity contribution in [3.05, 3.63) is 84.4 Å². The number of pyridine rings is 1. The number of hydrogen-bond donors (Lipinski definition) is 2. The molecule has 0 saturated carbocycles. The van der Waals surface area contributed by atoms with Crippen LogP contribution in [0.3, 0.4) is 0 Å². The predicted molar refractivity (Wildman–Crippen MR) is 151 cm³/mol. The number of nitrogens with two attached hydrogens (primary N) is 1. The molecule has 1 aliphatic rings. The molecule has 0 spiro atoms. The first kappa shape index (κ1) is 26.5. The number of nitrogens with one attached hydrogen (secondary N) is 1. The molecule has 0 amide bonds. The van der Waals surface area contributed by atoms with E-state index in [1.165, 1.54) is 22.2 Å². The maximum atomic E-state index is 5.66. The third-order valence-electron chi connectivity index (χ3n) is 6.46. The number of anilines is 1. The SMILES string of the molecule is C/C=C\NC/C=C/CN(CCN1CCN(c2ccnc3cc(C)ccc23)CC1)CC(/C=C\N)=C/C. The topological polar surface area (TPSA) is 60.7 Å². The van der Waals surface area contributed by atoms with Crippen molar-refractivity contribution >= 4 is 16.6 Å². The molecular formula is C29H42N6. The zero-order valence-electron chi connectivity index (χ0n) is 21.7. The second-order valence-electron chi connectivity index (χ2n) is 9.02. The van der Waals surface area contributed by atoms with E-state index < -0.39 is 0 Å². The molecule has 3 N–H and O–H groups in total. The molecular weight excluding hydrogens is 432 g/mol. The van der Waals surface area contributed by atoms with E-state index in [1.807, 2.05) is 31.5 Å². The molecule has 0 bridgehead atoms. The first-order valence-electron chi connectivity index (χ1n) is 12.7. The average molecular weight is 475 g/mol. The summed E-state index contributed by atoms with van der Waals surface area (Å²) in [6.07, 6.45) is 16.2. The lowest BCUT2D eigenvalue weighted by atomic mass is 10.1. The highest BCUT2D eigenvalue weighted by atomic mass is 15.3. The largest absolute Gasteiger partial charge is 0.405 e. The zero-order chi connectivity index (χ0) is 24.9. The Balaban J connectivity index is 1.54. The van der Waals surface area contributed by atoms with E-state index in [-0.39, 0.29) is 0 Å². The number of hydrogen-bond acceptors (Lipinski definition) is 6. The fourth-order valence-electron chi connectivity index (χ4n) is 4.43. The van der Waals surface area contributed by atoms with Crippen molar-refractivity contribution in [3.8, 4) is 0 Å². The molecule has 188 valence electrons. The highest BCUT2D eigenvalue weighted by Gasteiger charge is 2.19. The molecule has 6 heteroatoms. The van der Waals surface area contributed by atoms with Gasteiger partial charge in [0, 0.05) is 76.2 Å². The highest BCUT2D eigenvalue weighted by Crippen LogP contribution is 2.26. The van der Waals surface area contributed by atoms with Gasteiger partial charge < -0.3 is 16.0 Å². The van der Waals surface area contributed by atoms with Gasteiger partial charge in [-0.2, -0.15) is 0 Å². The molecule has 0 radical (unpaired) electrons. The molecule has 1 saturated heterocycles. The number of aryl methyl sites for hydroxylation is 1. The molecule has 0 aliphatic carbocycles. The summed E-state index contributed by atoms with van der Waals surface area (Å²) in [5, 5.41) is 4.50. The third kappa shape index (κ3) is 8.26. The fraction of sp³-hybridized carbons (Fsp3) is 0.414. The summed E-state index contributed by atoms with van der Waals surface area (Å²) in [6, 6.07) is 8.74. The molecule has 35 heavy (non-hydrogen) atoms. The maximum absolute atomic E-state index is 5.66. The number of fused-ring (bicyclic) bond motifs is 1. The number of allylic oxidation sites excluding steroid dienone is 2. The van der Waals surface area contributed by atoms with E-state index in [0.717, 1.165) is 64.4 Å². The van der Waals surface area contributed by atoms with Crippen molar-refractivity contribution in [3.63, 3.8) is 0 Å². The Morgan fingerprint density at radius 1 is 1.14 bits per heavy atom. The van der Waals surface area contributed by atoms with Crippen molar-refractivity contribution in [1.29, 1.82) is 0 Å². The Labute approximate surface area is 211 Å². The monoisotopic (exact) mass is 474 g/mol. The first-order chi connectivity index (χ1) is 17.1. The summed E-state index contributed by atoms with van der Waals surface area (Å²) in [6.45, 7) is 15.2. The van der Waals surface area contributed by atoms with Crippen LogP contribution in [-0.4, -0.2) is 73.7 Å². The molecule has 1 fully saturated rings. The van der Waals surface area contributed by atoms with E-state index in [4.69, 9.17) is 5.73 Å². The van der Waals surface area contributed by atoms with Gasteiger partial charge in [0.25, 0.3) is 0 Å². The van der Waals surface area contributed by atoms with Crippen LogP contribution in [0.5, 0.6) is 0 Å². The second kappa shape index (κ2) is 14.3. The van der Waals surface area contributed by atoms with Crippen molar-refractivity contribution in [2.24, 2.45) is 5.73 Å². The summed E-state index contributed by atoms with van der Waals surface area (Å²) >= 11 is 0. The minimum Gasteiger partial charge on any atom is -0.405 e. The van der Waals surface area contributed by atoms with Gasteiger partial charge in [-0.15, -0.1) is 0 Å². The van der Waals surface area contributed by atoms with Crippen LogP contribution < -0.4 is 16.0 Å². The zero-order valence-corrected chi connectivity index (χ0v) is 21.7. The van der Waals surface area contributed by atoms with Crippen LogP contribution in [-0.2, 0) is 0 Å². The Bertz CT molecular complexity index is 1030. The molecule has 1 aromatic heterocycles. The van der Waals surface area contributed by atoms with E-state index in [1.54, 1.807) is 6.20 Å². The van der Waals surface area contributed by atoms with Crippen molar-refractivity contribution < 1.29 is 0 Å². The Hall–Kier alpha value is -3.09. The van der Waals surface area contributed by atoms with Gasteiger partial charge in [-0.25, -0.2) is 0 Å². The molecule has 1 aromatic carbocycles. The van der Waals surface area contributed by atoms with E-state index in [2.05, 4.69) is 81.3 Å². The number of aromatic nitrogens is 1. The van der Waals surface area contributed by atoms with Crippen molar-refractivity contribution in [2.45, 2.75) is 20.8 Å². The van der Waals surface area contributed by atoms with Crippen LogP contribution >= 0.6 is 0 Å². The number of piperazine rings is 1. The molecule has 0 unspecified atom stereocenters. The van der Waals surface area contributed by atoms with Crippen LogP contribution in [0.4, 0.5) is 5.69 Å². The fourth-order valence-corrected chi connectivity index (χ4v) is 4.43. The lowest BCUT2D eigenvalue weighted by molar-refractivity contribution is 0.213. The van der Waals surface area contributed by atoms with Gasteiger partial charge >= 0.3 is 0 Å². The Morgan fingerprint density at radius 2 is 1.97 bits per heavy atom. The van der Waals surface area contributed by atoms with Gasteiger partial charge in [-0.05, 0) is 62.5 Å². The smallest absolute Gasteiger partial charge is 0.0725 e. The van der Waals surface area contributed by atoms with Gasteiger partial charge in [0.05, 0.1) is 5.52 Å². The number of rotatable bonds is 12. The van der Waals surface area contributed by atoms with Gasteiger partial charge in [0.15, 0.2) is 0 Å². The summed E-state index contributed by atoms with van der Waals surface area (Å²) in [5.74, 6) is 0. The standard InChI is InChI=1S/C29H42N6/c1-4-13-31-14-6-7-16-34(24-26(5-2)10-12-30)18-17-33-19-21-35(22-20-33)29-11-15-32-28-23-25(3)8-9-27(28)29/h4-13,15,23,31H,14,16-22,24,30H2,1-3H3/b7-6+,12-10-,13-4-,26-5+. The van der Waals surface area contributed by atoms with E-state index in [0.29, 0.717) is 0 Å². The predicted octanol–water partition coefficient (Wildman–Crippen LogP) is 4.07. The molecule has 2 aromatic rings. The Morgan fingerprint density at radius 3 is 2.71 bits per heavy atom. The summed E-state index contributed by atoms with van der Waals surface area (Å²) in [4.78, 5) is 12.2. The minimum absolute atomic E-state index is 0.850. The van der Waals surface area contributed by atoms with Crippen LogP contribution in [0.1, 0.15) is 19.4 Å². The minimum atomic E-state index is 0.850. The van der Waals surface area contributed by atoms with Crippen LogP contribution in [0.25, 0.3) is 10.9 Å². The van der Waals surface area contributed by atoms with Crippen LogP contribution in [0, 0.1) is 6.92 Å². The lowest BCUT2D eigenvalue weighted by Gasteiger charge is -2.37. The van der Waals surface area contributed by atoms with E-state index >= 15 is 0 Å². The lowest BCUT2D eigenvalue weighted by Crippen LogP contribution is -2.48. The van der Waals surface area contributed by atoms with Crippen molar-refractivity contribution in [1.82, 2.24) is 20.1 Å². The van der Waals surface area contributed by atoms with Crippen LogP contribution in [0.15, 0.2) is 78.8 Å². The normalized spacial score (nSPS) is 16.0. The van der Waals surface area contributed by atoms with Gasteiger partial charge in [-0.1, -0.05) is 36.4 Å². The Kier molecular flexibility index (Phi) is 10.9. The summed E-state index contributed by atoms with van der Waals surface area (Å²) < 4.78 is 0. The quantitative estimate of drug-likeness (QED) is 0.275. The molecule has 0 atom stereocenters. The third-order valence-corrected chi connectivity index (χ3v) is 6.46. The van der Waals surface area contributed by atoms with Gasteiger partial charge in [0.1, 0.15) is 0 Å². The van der Waals surface area contributed by atoms with Gasteiger partial charge in [0.2, 0.25) is 0 Å². The molecule has 6 nitrogen and oxygen atoms in total. The van der Waals surface area contributed by atoms with E-state index in [9.17, 15) is 0 Å². The highest BCUT2D eigenvalue weighted by molar-refractivity contribution is 5.91. The van der Waals surface area contributed by atoms with Crippen molar-refractivity contribution in [2.75, 3.05) is 63.8 Å². The van der Waals surface area contributed by atoms with Gasteiger partial charge in [-0.3, -0.25) is 14.8 Å². The van der Waals surface area contributed by atoms with Crippen LogP contribution in [0.2, 0.25) is 0 Å². The average Bonchev–Trinajstić information content (AvgIpc) is 2.88. The first-order valence-corrected chi connectivity index (χ1v) is 12.7.